The number of hydrogen-bond donors (Lipinski definition) is 0. The average Bonchev–Trinajstić information content (AvgIpc) is 2.92. The number of ether oxygens (including phenoxy) is 1. The van der Waals surface area contributed by atoms with Crippen molar-refractivity contribution in [3.8, 4) is 0 Å². The summed E-state index contributed by atoms with van der Waals surface area (Å²) in [6.07, 6.45) is 2.01. The number of alkyl halides is 1. The Kier molecular flexibility index (Phi) is 4.69. The zero-order chi connectivity index (χ0) is 18.2. The SMILES string of the molecule is C[C@@H](CC(=O)OC(C)(C)C)n1c(CCl)nc2cnc3ccccc3c21. The molecule has 25 heavy (non-hydrogen) atoms. The van der Waals surface area contributed by atoms with Gasteiger partial charge in [-0.2, -0.15) is 0 Å². The topological polar surface area (TPSA) is 57.0 Å². The number of fused-ring (bicyclic) bond motifs is 3. The van der Waals surface area contributed by atoms with Gasteiger partial charge in [-0.3, -0.25) is 9.78 Å². The van der Waals surface area contributed by atoms with Crippen LogP contribution in [0, 0.1) is 0 Å². The van der Waals surface area contributed by atoms with Gasteiger partial charge in [0.2, 0.25) is 0 Å². The summed E-state index contributed by atoms with van der Waals surface area (Å²) in [5.41, 5.74) is 2.13. The summed E-state index contributed by atoms with van der Waals surface area (Å²) in [6, 6.07) is 7.78. The average molecular weight is 360 g/mol. The summed E-state index contributed by atoms with van der Waals surface area (Å²) < 4.78 is 7.50. The molecule has 0 N–H and O–H groups in total. The highest BCUT2D eigenvalue weighted by Gasteiger charge is 2.23. The smallest absolute Gasteiger partial charge is 0.308 e. The number of imidazole rings is 1. The van der Waals surface area contributed by atoms with Gasteiger partial charge in [-0.05, 0) is 33.8 Å². The van der Waals surface area contributed by atoms with E-state index in [1.807, 2.05) is 56.5 Å². The Morgan fingerprint density at radius 2 is 2.00 bits per heavy atom. The molecule has 3 aromatic rings. The number of halogens is 1. The van der Waals surface area contributed by atoms with Crippen LogP contribution in [0.25, 0.3) is 21.9 Å². The number of aromatic nitrogens is 3. The Labute approximate surface area is 152 Å². The third kappa shape index (κ3) is 3.61. The molecule has 1 atom stereocenters. The van der Waals surface area contributed by atoms with Crippen molar-refractivity contribution in [3.05, 3.63) is 36.3 Å². The molecule has 3 rings (SSSR count). The van der Waals surface area contributed by atoms with E-state index in [1.165, 1.54) is 0 Å². The molecule has 0 unspecified atom stereocenters. The number of esters is 1. The summed E-state index contributed by atoms with van der Waals surface area (Å²) in [4.78, 5) is 21.3. The fraction of sp³-hybridized carbons (Fsp3) is 0.421. The highest BCUT2D eigenvalue weighted by molar-refractivity contribution is 6.17. The van der Waals surface area contributed by atoms with Gasteiger partial charge < -0.3 is 9.30 Å². The lowest BCUT2D eigenvalue weighted by Crippen LogP contribution is -2.25. The molecule has 0 saturated carbocycles. The fourth-order valence-electron chi connectivity index (χ4n) is 3.06. The highest BCUT2D eigenvalue weighted by Crippen LogP contribution is 2.30. The second-order valence-electron chi connectivity index (χ2n) is 7.18. The van der Waals surface area contributed by atoms with Crippen molar-refractivity contribution in [1.29, 1.82) is 0 Å². The minimum Gasteiger partial charge on any atom is -0.460 e. The first-order chi connectivity index (χ1) is 11.8. The lowest BCUT2D eigenvalue weighted by molar-refractivity contribution is -0.155. The lowest BCUT2D eigenvalue weighted by Gasteiger charge is -2.22. The van der Waals surface area contributed by atoms with Crippen molar-refractivity contribution in [3.63, 3.8) is 0 Å². The van der Waals surface area contributed by atoms with Crippen LogP contribution in [0.15, 0.2) is 30.5 Å². The van der Waals surface area contributed by atoms with E-state index in [2.05, 4.69) is 9.97 Å². The summed E-state index contributed by atoms with van der Waals surface area (Å²) in [5.74, 6) is 0.758. The number of pyridine rings is 1. The van der Waals surface area contributed by atoms with E-state index in [0.29, 0.717) is 0 Å². The molecule has 1 aromatic carbocycles. The van der Waals surface area contributed by atoms with Gasteiger partial charge in [-0.15, -0.1) is 11.6 Å². The third-order valence-corrected chi connectivity index (χ3v) is 4.18. The first kappa shape index (κ1) is 17.7. The number of hydrogen-bond acceptors (Lipinski definition) is 4. The maximum atomic E-state index is 12.3. The van der Waals surface area contributed by atoms with E-state index >= 15 is 0 Å². The van der Waals surface area contributed by atoms with Gasteiger partial charge in [0.25, 0.3) is 0 Å². The van der Waals surface area contributed by atoms with Gasteiger partial charge in [-0.1, -0.05) is 18.2 Å². The quantitative estimate of drug-likeness (QED) is 0.504. The number of rotatable bonds is 4. The Bertz CT molecular complexity index is 927. The van der Waals surface area contributed by atoms with Crippen LogP contribution in [0.3, 0.4) is 0 Å². The molecular weight excluding hydrogens is 338 g/mol. The summed E-state index contributed by atoms with van der Waals surface area (Å²) >= 11 is 6.12. The van der Waals surface area contributed by atoms with Gasteiger partial charge in [0.05, 0.1) is 29.5 Å². The molecule has 2 heterocycles. The van der Waals surface area contributed by atoms with Gasteiger partial charge >= 0.3 is 5.97 Å². The number of carbonyl (C=O) groups excluding carboxylic acids is 1. The first-order valence-corrected chi connectivity index (χ1v) is 8.86. The lowest BCUT2D eigenvalue weighted by atomic mass is 10.1. The minimum absolute atomic E-state index is 0.126. The standard InChI is InChI=1S/C19H22ClN3O2/c1-12(9-17(24)25-19(2,3)4)23-16(10-20)22-15-11-21-14-8-6-5-7-13(14)18(15)23/h5-8,11-12H,9-10H2,1-4H3/t12-/m0/s1. The van der Waals surface area contributed by atoms with Crippen LogP contribution < -0.4 is 0 Å². The molecule has 0 aliphatic heterocycles. The van der Waals surface area contributed by atoms with Crippen LogP contribution >= 0.6 is 11.6 Å². The Balaban J connectivity index is 2.07. The van der Waals surface area contributed by atoms with Gasteiger partial charge in [0.15, 0.2) is 0 Å². The number of benzene rings is 1. The molecule has 2 aromatic heterocycles. The third-order valence-electron chi connectivity index (χ3n) is 3.94. The van der Waals surface area contributed by atoms with Crippen molar-refractivity contribution in [2.75, 3.05) is 0 Å². The van der Waals surface area contributed by atoms with Crippen LogP contribution in [-0.4, -0.2) is 26.1 Å². The molecule has 0 spiro atoms. The molecule has 132 valence electrons. The van der Waals surface area contributed by atoms with E-state index in [4.69, 9.17) is 16.3 Å². The molecule has 0 saturated heterocycles. The van der Waals surface area contributed by atoms with Crippen molar-refractivity contribution >= 4 is 39.5 Å². The Morgan fingerprint density at radius 3 is 2.68 bits per heavy atom. The molecule has 0 fully saturated rings. The summed E-state index contributed by atoms with van der Waals surface area (Å²) in [5, 5.41) is 1.000. The molecule has 0 amide bonds. The van der Waals surface area contributed by atoms with E-state index in [1.54, 1.807) is 6.20 Å². The van der Waals surface area contributed by atoms with E-state index in [-0.39, 0.29) is 24.3 Å². The number of para-hydroxylation sites is 1. The van der Waals surface area contributed by atoms with Crippen molar-refractivity contribution in [1.82, 2.24) is 14.5 Å². The van der Waals surface area contributed by atoms with E-state index in [9.17, 15) is 4.79 Å². The van der Waals surface area contributed by atoms with Crippen LogP contribution in [0.4, 0.5) is 0 Å². The van der Waals surface area contributed by atoms with Gasteiger partial charge in [-0.25, -0.2) is 4.98 Å². The maximum Gasteiger partial charge on any atom is 0.308 e. The van der Waals surface area contributed by atoms with Gasteiger partial charge in [0.1, 0.15) is 16.9 Å². The van der Waals surface area contributed by atoms with Crippen molar-refractivity contribution < 1.29 is 9.53 Å². The molecule has 0 radical (unpaired) electrons. The Morgan fingerprint density at radius 1 is 1.28 bits per heavy atom. The van der Waals surface area contributed by atoms with Crippen molar-refractivity contribution in [2.45, 2.75) is 51.6 Å². The normalized spacial score (nSPS) is 13.3. The molecular formula is C19H22ClN3O2. The van der Waals surface area contributed by atoms with Crippen LogP contribution in [0.2, 0.25) is 0 Å². The van der Waals surface area contributed by atoms with Gasteiger partial charge in [0, 0.05) is 11.4 Å². The minimum atomic E-state index is -0.500. The predicted octanol–water partition coefficient (Wildman–Crippen LogP) is 4.62. The molecule has 0 bridgehead atoms. The first-order valence-electron chi connectivity index (χ1n) is 8.32. The van der Waals surface area contributed by atoms with Crippen LogP contribution in [-0.2, 0) is 15.4 Å². The molecule has 6 heteroatoms. The van der Waals surface area contributed by atoms with E-state index < -0.39 is 5.60 Å². The van der Waals surface area contributed by atoms with Crippen LogP contribution in [0.5, 0.6) is 0 Å². The number of nitrogens with zero attached hydrogens (tertiary/aromatic N) is 3. The largest absolute Gasteiger partial charge is 0.460 e. The zero-order valence-corrected chi connectivity index (χ0v) is 15.7. The Hall–Kier alpha value is -2.14. The zero-order valence-electron chi connectivity index (χ0n) is 14.9. The fourth-order valence-corrected chi connectivity index (χ4v) is 3.25. The predicted molar refractivity (Wildman–Crippen MR) is 99.8 cm³/mol. The molecule has 0 aliphatic carbocycles. The maximum absolute atomic E-state index is 12.3. The summed E-state index contributed by atoms with van der Waals surface area (Å²) in [6.45, 7) is 7.58. The molecule has 0 aliphatic rings. The monoisotopic (exact) mass is 359 g/mol. The van der Waals surface area contributed by atoms with E-state index in [0.717, 1.165) is 27.8 Å². The van der Waals surface area contributed by atoms with Crippen molar-refractivity contribution in [2.24, 2.45) is 0 Å². The van der Waals surface area contributed by atoms with Crippen LogP contribution in [0.1, 0.15) is 46.0 Å². The second-order valence-corrected chi connectivity index (χ2v) is 7.45. The second kappa shape index (κ2) is 6.64. The summed E-state index contributed by atoms with van der Waals surface area (Å²) in [7, 11) is 0. The molecule has 5 nitrogen and oxygen atoms in total. The number of carbonyl (C=O) groups is 1. The highest BCUT2D eigenvalue weighted by atomic mass is 35.5.